The van der Waals surface area contributed by atoms with Crippen molar-refractivity contribution in [2.75, 3.05) is 0 Å². The Morgan fingerprint density at radius 1 is 1.23 bits per heavy atom. The molecule has 0 spiro atoms. The second-order valence-electron chi connectivity index (χ2n) is 3.43. The first-order chi connectivity index (χ1) is 6.17. The smallest absolute Gasteiger partial charge is 0.283 e. The molecule has 0 atom stereocenters. The van der Waals surface area contributed by atoms with Gasteiger partial charge in [0.2, 0.25) is 8.32 Å². The third-order valence-electron chi connectivity index (χ3n) is 2.01. The molecule has 0 saturated heterocycles. The molecule has 0 amide bonds. The molecule has 1 rings (SSSR count). The average molecular weight is 228 g/mol. The molecule has 0 aliphatic rings. The van der Waals surface area contributed by atoms with Crippen LogP contribution in [0.5, 0.6) is 0 Å². The Kier molecular flexibility index (Phi) is 4.07. The summed E-state index contributed by atoms with van der Waals surface area (Å²) in [7, 11) is -1.54. The van der Waals surface area contributed by atoms with Crippen molar-refractivity contribution in [1.29, 1.82) is 0 Å². The van der Waals surface area contributed by atoms with Crippen LogP contribution in [0.4, 0.5) is 0 Å². The van der Waals surface area contributed by atoms with Crippen molar-refractivity contribution >= 4 is 34.0 Å². The number of hydrogen-bond acceptors (Lipinski definition) is 2. The predicted molar refractivity (Wildman–Crippen MR) is 64.2 cm³/mol. The van der Waals surface area contributed by atoms with Crippen molar-refractivity contribution in [3.8, 4) is 0 Å². The minimum atomic E-state index is -1.64. The highest BCUT2D eigenvalue weighted by Crippen LogP contribution is 2.03. The summed E-state index contributed by atoms with van der Waals surface area (Å²) < 4.78 is 11.0. The van der Waals surface area contributed by atoms with Gasteiger partial charge in [0.15, 0.2) is 0 Å². The second-order valence-corrected chi connectivity index (χ2v) is 10.7. The molecule has 0 N–H and O–H groups in total. The van der Waals surface area contributed by atoms with E-state index < -0.39 is 18.3 Å². The molecular formula is C8H16O2Si3. The largest absolute Gasteiger partial charge is 0.449 e. The SMILES string of the molecule is C[Si](C)(O[SiH2]O[SiH3])c1ccccc1. The van der Waals surface area contributed by atoms with Gasteiger partial charge in [0.05, 0.1) is 0 Å². The van der Waals surface area contributed by atoms with Crippen LogP contribution in [-0.2, 0) is 8.23 Å². The maximum Gasteiger partial charge on any atom is 0.283 e. The highest BCUT2D eigenvalue weighted by atomic mass is 28.4. The molecule has 0 radical (unpaired) electrons. The minimum Gasteiger partial charge on any atom is -0.449 e. The Morgan fingerprint density at radius 3 is 2.38 bits per heavy atom. The maximum absolute atomic E-state index is 5.85. The van der Waals surface area contributed by atoms with Crippen LogP contribution in [0.25, 0.3) is 0 Å². The first-order valence-corrected chi connectivity index (χ1v) is 9.23. The summed E-state index contributed by atoms with van der Waals surface area (Å²) in [5, 5.41) is 1.35. The fourth-order valence-corrected chi connectivity index (χ4v) is 5.50. The number of benzene rings is 1. The zero-order valence-corrected chi connectivity index (χ0v) is 12.8. The van der Waals surface area contributed by atoms with E-state index in [1.54, 1.807) is 0 Å². The molecule has 2 nitrogen and oxygen atoms in total. The van der Waals surface area contributed by atoms with Gasteiger partial charge < -0.3 is 8.23 Å². The van der Waals surface area contributed by atoms with Gasteiger partial charge in [0, 0.05) is 0 Å². The zero-order chi connectivity index (χ0) is 9.73. The Hall–Kier alpha value is -0.209. The zero-order valence-electron chi connectivity index (χ0n) is 8.41. The summed E-state index contributed by atoms with van der Waals surface area (Å²) in [6, 6.07) is 10.5. The molecule has 72 valence electrons. The summed E-state index contributed by atoms with van der Waals surface area (Å²) in [4.78, 5) is 0. The van der Waals surface area contributed by atoms with Gasteiger partial charge in [0.1, 0.15) is 10.5 Å². The lowest BCUT2D eigenvalue weighted by Crippen LogP contribution is -2.45. The average Bonchev–Trinajstić information content (AvgIpc) is 2.16. The van der Waals surface area contributed by atoms with Crippen molar-refractivity contribution in [2.24, 2.45) is 0 Å². The topological polar surface area (TPSA) is 18.5 Å². The van der Waals surface area contributed by atoms with E-state index in [0.29, 0.717) is 0 Å². The third kappa shape index (κ3) is 3.20. The lowest BCUT2D eigenvalue weighted by atomic mass is 10.4. The number of rotatable bonds is 4. The van der Waals surface area contributed by atoms with E-state index in [0.717, 1.165) is 10.5 Å². The third-order valence-corrected chi connectivity index (χ3v) is 8.03. The first kappa shape index (κ1) is 10.9. The van der Waals surface area contributed by atoms with E-state index in [-0.39, 0.29) is 0 Å². The summed E-state index contributed by atoms with van der Waals surface area (Å²) in [6.07, 6.45) is 0. The Morgan fingerprint density at radius 2 is 1.85 bits per heavy atom. The van der Waals surface area contributed by atoms with Crippen LogP contribution < -0.4 is 5.19 Å². The fourth-order valence-electron chi connectivity index (χ4n) is 1.13. The predicted octanol–water partition coefficient (Wildman–Crippen LogP) is -0.589. The Balaban J connectivity index is 2.69. The number of hydrogen-bond donors (Lipinski definition) is 0. The lowest BCUT2D eigenvalue weighted by Gasteiger charge is -2.23. The minimum absolute atomic E-state index is 0.703. The maximum atomic E-state index is 5.85. The van der Waals surface area contributed by atoms with E-state index in [9.17, 15) is 0 Å². The van der Waals surface area contributed by atoms with Gasteiger partial charge in [-0.2, -0.15) is 0 Å². The van der Waals surface area contributed by atoms with Crippen LogP contribution in [0, 0.1) is 0 Å². The highest BCUT2D eigenvalue weighted by Gasteiger charge is 2.23. The van der Waals surface area contributed by atoms with Gasteiger partial charge in [0.25, 0.3) is 10.0 Å². The van der Waals surface area contributed by atoms with Crippen molar-refractivity contribution in [2.45, 2.75) is 13.1 Å². The molecule has 1 aromatic carbocycles. The quantitative estimate of drug-likeness (QED) is 0.642. The molecule has 1 aromatic rings. The molecule has 0 aromatic heterocycles. The van der Waals surface area contributed by atoms with E-state index in [4.69, 9.17) is 8.23 Å². The Bertz CT molecular complexity index is 251. The van der Waals surface area contributed by atoms with Crippen LogP contribution in [0.15, 0.2) is 30.3 Å². The van der Waals surface area contributed by atoms with Gasteiger partial charge in [-0.05, 0) is 18.3 Å². The monoisotopic (exact) mass is 228 g/mol. The summed E-state index contributed by atoms with van der Waals surface area (Å²) in [5.74, 6) is 0. The molecule has 0 saturated carbocycles. The van der Waals surface area contributed by atoms with Crippen molar-refractivity contribution < 1.29 is 8.23 Å². The molecule has 13 heavy (non-hydrogen) atoms. The van der Waals surface area contributed by atoms with Gasteiger partial charge in [-0.25, -0.2) is 0 Å². The Labute approximate surface area is 86.0 Å². The standard InChI is InChI=1S/C8H16O2Si3/c1-13(2,10-12-9-11)8-6-4-3-5-7-8/h3-7H,12H2,1-2,11H3. The van der Waals surface area contributed by atoms with E-state index in [1.807, 2.05) is 6.07 Å². The van der Waals surface area contributed by atoms with Crippen molar-refractivity contribution in [3.63, 3.8) is 0 Å². The van der Waals surface area contributed by atoms with Gasteiger partial charge >= 0.3 is 0 Å². The molecule has 0 aliphatic heterocycles. The fraction of sp³-hybridized carbons (Fsp3) is 0.250. The molecule has 5 heteroatoms. The van der Waals surface area contributed by atoms with E-state index >= 15 is 0 Å². The van der Waals surface area contributed by atoms with Crippen LogP contribution in [0.1, 0.15) is 0 Å². The van der Waals surface area contributed by atoms with Gasteiger partial charge in [-0.1, -0.05) is 30.3 Å². The highest BCUT2D eigenvalue weighted by molar-refractivity contribution is 6.86. The van der Waals surface area contributed by atoms with E-state index in [2.05, 4.69) is 37.4 Å². The van der Waals surface area contributed by atoms with Gasteiger partial charge in [-0.15, -0.1) is 0 Å². The summed E-state index contributed by atoms with van der Waals surface area (Å²) in [5.41, 5.74) is 0. The van der Waals surface area contributed by atoms with E-state index in [1.165, 1.54) is 5.19 Å². The molecule has 0 unspecified atom stereocenters. The lowest BCUT2D eigenvalue weighted by molar-refractivity contribution is 0.486. The molecule has 0 aliphatic carbocycles. The van der Waals surface area contributed by atoms with Crippen LogP contribution >= 0.6 is 0 Å². The van der Waals surface area contributed by atoms with Gasteiger partial charge in [-0.3, -0.25) is 0 Å². The van der Waals surface area contributed by atoms with Crippen LogP contribution in [-0.4, -0.2) is 28.8 Å². The molecule has 0 fully saturated rings. The molecule has 0 heterocycles. The normalized spacial score (nSPS) is 12.8. The molecular weight excluding hydrogens is 212 g/mol. The molecule has 0 bridgehead atoms. The second kappa shape index (κ2) is 4.87. The first-order valence-electron chi connectivity index (χ1n) is 4.35. The van der Waals surface area contributed by atoms with Crippen LogP contribution in [0.3, 0.4) is 0 Å². The van der Waals surface area contributed by atoms with Crippen molar-refractivity contribution in [3.05, 3.63) is 30.3 Å². The van der Waals surface area contributed by atoms with Crippen LogP contribution in [0.2, 0.25) is 13.1 Å². The summed E-state index contributed by atoms with van der Waals surface area (Å²) in [6.45, 7) is 4.44. The van der Waals surface area contributed by atoms with Crippen molar-refractivity contribution in [1.82, 2.24) is 0 Å². The summed E-state index contributed by atoms with van der Waals surface area (Å²) >= 11 is 0.